The number of carbonyl (C=O) groups excluding carboxylic acids is 1. The second-order valence-electron chi connectivity index (χ2n) is 5.90. The molecule has 0 saturated carbocycles. The molecule has 0 aliphatic carbocycles. The summed E-state index contributed by atoms with van der Waals surface area (Å²) in [6, 6.07) is 7.56. The number of rotatable bonds is 6. The molecule has 2 rings (SSSR count). The van der Waals surface area contributed by atoms with Crippen LogP contribution in [0.25, 0.3) is 0 Å². The topological polar surface area (TPSA) is 52.6 Å². The van der Waals surface area contributed by atoms with Crippen LogP contribution in [0, 0.1) is 0 Å². The maximum absolute atomic E-state index is 12.5. The molecular weight excluding hydrogens is 300 g/mol. The molecule has 1 aromatic carbocycles. The fourth-order valence-electron chi connectivity index (χ4n) is 2.83. The summed E-state index contributed by atoms with van der Waals surface area (Å²) in [6.45, 7) is 4.16. The van der Waals surface area contributed by atoms with Gasteiger partial charge in [0, 0.05) is 25.7 Å². The van der Waals surface area contributed by atoms with E-state index in [1.54, 1.807) is 12.1 Å². The number of nitrogens with zero attached hydrogens (tertiary/aromatic N) is 1. The van der Waals surface area contributed by atoms with Crippen molar-refractivity contribution >= 4 is 17.5 Å². The fraction of sp³-hybridized carbons (Fsp3) is 0.588. The lowest BCUT2D eigenvalue weighted by molar-refractivity contribution is 0.0697. The average molecular weight is 325 g/mol. The number of aliphatic hydroxyl groups excluding tert-OH is 1. The molecule has 1 atom stereocenters. The summed E-state index contributed by atoms with van der Waals surface area (Å²) in [4.78, 5) is 14.3. The quantitative estimate of drug-likeness (QED) is 0.846. The zero-order valence-electron chi connectivity index (χ0n) is 13.1. The lowest BCUT2D eigenvalue weighted by Crippen LogP contribution is -2.46. The van der Waals surface area contributed by atoms with Crippen molar-refractivity contribution in [2.75, 3.05) is 19.6 Å². The van der Waals surface area contributed by atoms with Crippen LogP contribution in [0.15, 0.2) is 24.3 Å². The number of hydrogen-bond acceptors (Lipinski definition) is 3. The first-order valence-corrected chi connectivity index (χ1v) is 8.45. The lowest BCUT2D eigenvalue weighted by atomic mass is 10.0. The van der Waals surface area contributed by atoms with Gasteiger partial charge in [0.1, 0.15) is 0 Å². The van der Waals surface area contributed by atoms with E-state index in [9.17, 15) is 9.90 Å². The third kappa shape index (κ3) is 4.70. The molecule has 1 amide bonds. The summed E-state index contributed by atoms with van der Waals surface area (Å²) >= 11 is 6.09. The van der Waals surface area contributed by atoms with Crippen LogP contribution in [0.2, 0.25) is 5.02 Å². The molecule has 1 aliphatic rings. The maximum Gasteiger partial charge on any atom is 0.255 e. The molecule has 2 N–H and O–H groups in total. The molecule has 1 aromatic rings. The minimum Gasteiger partial charge on any atom is -0.392 e. The number of likely N-dealkylation sites (tertiary alicyclic amines) is 1. The number of halogens is 1. The largest absolute Gasteiger partial charge is 0.392 e. The summed E-state index contributed by atoms with van der Waals surface area (Å²) in [5, 5.41) is 13.7. The number of hydrogen-bond donors (Lipinski definition) is 2. The molecule has 1 aliphatic heterocycles. The molecule has 1 unspecified atom stereocenters. The van der Waals surface area contributed by atoms with Gasteiger partial charge in [-0.1, -0.05) is 37.1 Å². The van der Waals surface area contributed by atoms with E-state index in [1.165, 1.54) is 0 Å². The highest BCUT2D eigenvalue weighted by atomic mass is 35.5. The molecule has 0 bridgehead atoms. The van der Waals surface area contributed by atoms with Crippen LogP contribution in [0.5, 0.6) is 0 Å². The van der Waals surface area contributed by atoms with Crippen molar-refractivity contribution in [3.05, 3.63) is 34.9 Å². The standard InChI is InChI=1S/C17H25ClN2O2/c1-2-5-14(21)12-19-13-8-10-20(11-9-13)17(22)15-6-3-4-7-16(15)18/h3-4,6-7,13-14,19,21H,2,5,8-12H2,1H3. The van der Waals surface area contributed by atoms with Crippen LogP contribution in [0.3, 0.4) is 0 Å². The van der Waals surface area contributed by atoms with Gasteiger partial charge in [0.2, 0.25) is 0 Å². The lowest BCUT2D eigenvalue weighted by Gasteiger charge is -2.33. The van der Waals surface area contributed by atoms with Crippen molar-refractivity contribution < 1.29 is 9.90 Å². The minimum atomic E-state index is -0.271. The Kier molecular flexibility index (Phi) is 6.68. The molecule has 1 fully saturated rings. The number of piperidine rings is 1. The van der Waals surface area contributed by atoms with Crippen molar-refractivity contribution in [1.29, 1.82) is 0 Å². The second kappa shape index (κ2) is 8.51. The second-order valence-corrected chi connectivity index (χ2v) is 6.30. The molecule has 4 nitrogen and oxygen atoms in total. The van der Waals surface area contributed by atoms with Gasteiger partial charge in [-0.2, -0.15) is 0 Å². The zero-order valence-corrected chi connectivity index (χ0v) is 13.9. The van der Waals surface area contributed by atoms with Gasteiger partial charge in [-0.05, 0) is 31.4 Å². The Labute approximate surface area is 137 Å². The van der Waals surface area contributed by atoms with Crippen LogP contribution < -0.4 is 5.32 Å². The zero-order chi connectivity index (χ0) is 15.9. The van der Waals surface area contributed by atoms with Crippen molar-refractivity contribution in [3.8, 4) is 0 Å². The van der Waals surface area contributed by atoms with E-state index in [4.69, 9.17) is 11.6 Å². The van der Waals surface area contributed by atoms with Gasteiger partial charge >= 0.3 is 0 Å². The summed E-state index contributed by atoms with van der Waals surface area (Å²) < 4.78 is 0. The average Bonchev–Trinajstić information content (AvgIpc) is 2.53. The predicted octanol–water partition coefficient (Wildman–Crippen LogP) is 2.70. The van der Waals surface area contributed by atoms with E-state index in [0.717, 1.165) is 38.8 Å². The van der Waals surface area contributed by atoms with E-state index < -0.39 is 0 Å². The number of nitrogens with one attached hydrogen (secondary N) is 1. The molecular formula is C17H25ClN2O2. The van der Waals surface area contributed by atoms with Crippen LogP contribution in [0.1, 0.15) is 43.0 Å². The smallest absolute Gasteiger partial charge is 0.255 e. The summed E-state index contributed by atoms with van der Waals surface area (Å²) in [6.07, 6.45) is 3.38. The van der Waals surface area contributed by atoms with E-state index >= 15 is 0 Å². The van der Waals surface area contributed by atoms with Crippen LogP contribution >= 0.6 is 11.6 Å². The van der Waals surface area contributed by atoms with Crippen molar-refractivity contribution in [3.63, 3.8) is 0 Å². The highest BCUT2D eigenvalue weighted by Gasteiger charge is 2.24. The Morgan fingerprint density at radius 2 is 2.09 bits per heavy atom. The van der Waals surface area contributed by atoms with Crippen LogP contribution in [0.4, 0.5) is 0 Å². The minimum absolute atomic E-state index is 0.00932. The van der Waals surface area contributed by atoms with E-state index in [0.29, 0.717) is 23.2 Å². The fourth-order valence-corrected chi connectivity index (χ4v) is 3.05. The van der Waals surface area contributed by atoms with E-state index in [1.807, 2.05) is 17.0 Å². The van der Waals surface area contributed by atoms with Gasteiger partial charge in [0.05, 0.1) is 16.7 Å². The molecule has 0 spiro atoms. The highest BCUT2D eigenvalue weighted by molar-refractivity contribution is 6.33. The van der Waals surface area contributed by atoms with Gasteiger partial charge < -0.3 is 15.3 Å². The Balaban J connectivity index is 1.80. The van der Waals surface area contributed by atoms with Gasteiger partial charge in [0.25, 0.3) is 5.91 Å². The summed E-state index contributed by atoms with van der Waals surface area (Å²) in [5.41, 5.74) is 0.578. The first-order chi connectivity index (χ1) is 10.6. The monoisotopic (exact) mass is 324 g/mol. The Hall–Kier alpha value is -1.10. The highest BCUT2D eigenvalue weighted by Crippen LogP contribution is 2.20. The number of amides is 1. The number of carbonyl (C=O) groups is 1. The molecule has 1 heterocycles. The van der Waals surface area contributed by atoms with Gasteiger partial charge in [-0.25, -0.2) is 0 Å². The van der Waals surface area contributed by atoms with Gasteiger partial charge in [-0.3, -0.25) is 4.79 Å². The summed E-state index contributed by atoms with van der Waals surface area (Å²) in [7, 11) is 0. The molecule has 5 heteroatoms. The summed E-state index contributed by atoms with van der Waals surface area (Å²) in [5.74, 6) is 0.00932. The van der Waals surface area contributed by atoms with Crippen LogP contribution in [-0.4, -0.2) is 47.7 Å². The van der Waals surface area contributed by atoms with Crippen molar-refractivity contribution in [2.24, 2.45) is 0 Å². The predicted molar refractivity (Wildman–Crippen MR) is 89.3 cm³/mol. The van der Waals surface area contributed by atoms with Crippen molar-refractivity contribution in [1.82, 2.24) is 10.2 Å². The first kappa shape index (κ1) is 17.3. The first-order valence-electron chi connectivity index (χ1n) is 8.07. The Morgan fingerprint density at radius 3 is 2.73 bits per heavy atom. The Morgan fingerprint density at radius 1 is 1.41 bits per heavy atom. The number of aliphatic hydroxyl groups is 1. The van der Waals surface area contributed by atoms with Gasteiger partial charge in [0.15, 0.2) is 0 Å². The van der Waals surface area contributed by atoms with Gasteiger partial charge in [-0.15, -0.1) is 0 Å². The molecule has 0 aromatic heterocycles. The van der Waals surface area contributed by atoms with Crippen molar-refractivity contribution in [2.45, 2.75) is 44.8 Å². The van der Waals surface area contributed by atoms with E-state index in [2.05, 4.69) is 12.2 Å². The molecule has 122 valence electrons. The molecule has 0 radical (unpaired) electrons. The number of benzene rings is 1. The Bertz CT molecular complexity index is 487. The van der Waals surface area contributed by atoms with Crippen LogP contribution in [-0.2, 0) is 0 Å². The SMILES string of the molecule is CCCC(O)CNC1CCN(C(=O)c2ccccc2Cl)CC1. The van der Waals surface area contributed by atoms with E-state index in [-0.39, 0.29) is 12.0 Å². The maximum atomic E-state index is 12.5. The third-order valence-corrected chi connectivity index (χ3v) is 4.48. The third-order valence-electron chi connectivity index (χ3n) is 4.15. The molecule has 1 saturated heterocycles. The molecule has 22 heavy (non-hydrogen) atoms. The normalized spacial score (nSPS) is 17.5.